The molecule has 0 radical (unpaired) electrons. The molecule has 2 heterocycles. The van der Waals surface area contributed by atoms with E-state index in [0.717, 1.165) is 38.7 Å². The normalized spacial score (nSPS) is 28.4. The van der Waals surface area contributed by atoms with E-state index in [-0.39, 0.29) is 6.10 Å². The summed E-state index contributed by atoms with van der Waals surface area (Å²) >= 11 is 0. The van der Waals surface area contributed by atoms with E-state index in [1.165, 1.54) is 0 Å². The van der Waals surface area contributed by atoms with Gasteiger partial charge in [0.05, 0.1) is 32.5 Å². The summed E-state index contributed by atoms with van der Waals surface area (Å²) < 4.78 is 16.4. The Balaban J connectivity index is 1.72. The number of hydrogen-bond acceptors (Lipinski definition) is 4. The van der Waals surface area contributed by atoms with E-state index in [0.29, 0.717) is 25.7 Å². The van der Waals surface area contributed by atoms with Crippen LogP contribution in [0.25, 0.3) is 0 Å². The van der Waals surface area contributed by atoms with Gasteiger partial charge in [-0.25, -0.2) is 0 Å². The van der Waals surface area contributed by atoms with Crippen molar-refractivity contribution in [2.24, 2.45) is 10.9 Å². The highest BCUT2D eigenvalue weighted by Crippen LogP contribution is 2.13. The Bertz CT molecular complexity index is 287. The van der Waals surface area contributed by atoms with Crippen LogP contribution < -0.4 is 5.32 Å². The Morgan fingerprint density at radius 2 is 2.11 bits per heavy atom. The summed E-state index contributed by atoms with van der Waals surface area (Å²) in [5, 5.41) is 3.34. The van der Waals surface area contributed by atoms with E-state index >= 15 is 0 Å². The van der Waals surface area contributed by atoms with Gasteiger partial charge in [0.2, 0.25) is 0 Å². The first kappa shape index (κ1) is 14.6. The van der Waals surface area contributed by atoms with Gasteiger partial charge in [0.25, 0.3) is 0 Å². The van der Waals surface area contributed by atoms with Crippen LogP contribution in [0.1, 0.15) is 6.42 Å². The van der Waals surface area contributed by atoms with Gasteiger partial charge in [-0.1, -0.05) is 0 Å². The molecule has 2 aliphatic rings. The van der Waals surface area contributed by atoms with Crippen molar-refractivity contribution in [3.63, 3.8) is 0 Å². The van der Waals surface area contributed by atoms with Crippen molar-refractivity contribution in [2.45, 2.75) is 12.5 Å². The molecule has 2 saturated heterocycles. The predicted molar refractivity (Wildman–Crippen MR) is 73.5 cm³/mol. The van der Waals surface area contributed by atoms with Gasteiger partial charge >= 0.3 is 0 Å². The minimum atomic E-state index is 0.119. The second kappa shape index (κ2) is 7.67. The second-order valence-corrected chi connectivity index (χ2v) is 5.11. The zero-order valence-corrected chi connectivity index (χ0v) is 11.9. The first-order chi connectivity index (χ1) is 9.29. The van der Waals surface area contributed by atoms with Gasteiger partial charge in [0.1, 0.15) is 0 Å². The predicted octanol–water partition coefficient (Wildman–Crippen LogP) is -0.0545. The molecule has 110 valence electrons. The van der Waals surface area contributed by atoms with Gasteiger partial charge in [-0.15, -0.1) is 0 Å². The summed E-state index contributed by atoms with van der Waals surface area (Å²) in [4.78, 5) is 6.46. The minimum Gasteiger partial charge on any atom is -0.381 e. The molecule has 2 rings (SSSR count). The fraction of sp³-hybridized carbons (Fsp3) is 0.923. The Hall–Kier alpha value is -0.850. The molecule has 2 atom stereocenters. The Labute approximate surface area is 115 Å². The smallest absolute Gasteiger partial charge is 0.193 e. The van der Waals surface area contributed by atoms with Crippen LogP contribution in [0.15, 0.2) is 4.99 Å². The van der Waals surface area contributed by atoms with Crippen molar-refractivity contribution >= 4 is 5.96 Å². The maximum absolute atomic E-state index is 5.60. The third-order valence-electron chi connectivity index (χ3n) is 3.50. The number of nitrogens with zero attached hydrogens (tertiary/aromatic N) is 2. The number of hydrogen-bond donors (Lipinski definition) is 1. The third-order valence-corrected chi connectivity index (χ3v) is 3.50. The Morgan fingerprint density at radius 3 is 2.74 bits per heavy atom. The number of aliphatic imine (C=N–C) groups is 1. The topological polar surface area (TPSA) is 55.3 Å². The highest BCUT2D eigenvalue weighted by atomic mass is 16.6. The standard InChI is InChI=1S/C13H25N3O3/c1-14-13(15-7-12-10-18-5-6-19-12)16(2)8-11-3-4-17-9-11/h11-12H,3-10H2,1-2H3,(H,14,15). The van der Waals surface area contributed by atoms with Gasteiger partial charge in [-0.3, -0.25) is 4.99 Å². The summed E-state index contributed by atoms with van der Waals surface area (Å²) in [7, 11) is 3.87. The largest absolute Gasteiger partial charge is 0.381 e. The molecule has 2 aliphatic heterocycles. The highest BCUT2D eigenvalue weighted by molar-refractivity contribution is 5.79. The Morgan fingerprint density at radius 1 is 1.26 bits per heavy atom. The summed E-state index contributed by atoms with van der Waals surface area (Å²) in [6.07, 6.45) is 1.26. The van der Waals surface area contributed by atoms with Gasteiger partial charge in [-0.2, -0.15) is 0 Å². The van der Waals surface area contributed by atoms with Crippen molar-refractivity contribution < 1.29 is 14.2 Å². The molecule has 0 bridgehead atoms. The minimum absolute atomic E-state index is 0.119. The fourth-order valence-electron chi connectivity index (χ4n) is 2.45. The SMILES string of the molecule is CN=C(NCC1COCCO1)N(C)CC1CCOC1. The lowest BCUT2D eigenvalue weighted by Gasteiger charge is -2.28. The highest BCUT2D eigenvalue weighted by Gasteiger charge is 2.20. The third kappa shape index (κ3) is 4.63. The summed E-state index contributed by atoms with van der Waals surface area (Å²) in [5.41, 5.74) is 0. The number of rotatable bonds is 4. The number of ether oxygens (including phenoxy) is 3. The molecule has 0 saturated carbocycles. The van der Waals surface area contributed by atoms with Crippen molar-refractivity contribution in [3.05, 3.63) is 0 Å². The van der Waals surface area contributed by atoms with Crippen LogP contribution in [-0.4, -0.2) is 77.2 Å². The molecule has 0 aromatic rings. The molecule has 0 spiro atoms. The summed E-state index contributed by atoms with van der Waals surface area (Å²) in [6.45, 7) is 5.50. The lowest BCUT2D eigenvalue weighted by molar-refractivity contribution is -0.0851. The summed E-state index contributed by atoms with van der Waals surface area (Å²) in [5.74, 6) is 1.51. The van der Waals surface area contributed by atoms with Crippen molar-refractivity contribution in [1.82, 2.24) is 10.2 Å². The van der Waals surface area contributed by atoms with Crippen LogP contribution in [0.5, 0.6) is 0 Å². The molecule has 2 unspecified atom stereocenters. The molecule has 0 amide bonds. The van der Waals surface area contributed by atoms with Gasteiger partial charge in [-0.05, 0) is 6.42 Å². The van der Waals surface area contributed by atoms with E-state index in [1.54, 1.807) is 0 Å². The summed E-state index contributed by atoms with van der Waals surface area (Å²) in [6, 6.07) is 0. The monoisotopic (exact) mass is 271 g/mol. The van der Waals surface area contributed by atoms with Crippen LogP contribution in [0.2, 0.25) is 0 Å². The zero-order valence-electron chi connectivity index (χ0n) is 11.9. The van der Waals surface area contributed by atoms with E-state index in [2.05, 4.69) is 22.3 Å². The van der Waals surface area contributed by atoms with E-state index < -0.39 is 0 Å². The quantitative estimate of drug-likeness (QED) is 0.574. The Kier molecular flexibility index (Phi) is 5.88. The van der Waals surface area contributed by atoms with Gasteiger partial charge in [0, 0.05) is 39.7 Å². The lowest BCUT2D eigenvalue weighted by atomic mass is 10.1. The fourth-order valence-corrected chi connectivity index (χ4v) is 2.45. The van der Waals surface area contributed by atoms with Crippen LogP contribution in [-0.2, 0) is 14.2 Å². The molecular weight excluding hydrogens is 246 g/mol. The molecule has 6 heteroatoms. The molecule has 19 heavy (non-hydrogen) atoms. The molecule has 0 aliphatic carbocycles. The second-order valence-electron chi connectivity index (χ2n) is 5.11. The molecule has 0 aromatic heterocycles. The molecular formula is C13H25N3O3. The lowest BCUT2D eigenvalue weighted by Crippen LogP contribution is -2.46. The van der Waals surface area contributed by atoms with E-state index in [1.807, 2.05) is 7.05 Å². The maximum atomic E-state index is 5.60. The van der Waals surface area contributed by atoms with Crippen molar-refractivity contribution in [3.8, 4) is 0 Å². The van der Waals surface area contributed by atoms with Gasteiger partial charge < -0.3 is 24.4 Å². The first-order valence-electron chi connectivity index (χ1n) is 6.98. The number of nitrogens with one attached hydrogen (secondary N) is 1. The van der Waals surface area contributed by atoms with E-state index in [9.17, 15) is 0 Å². The zero-order chi connectivity index (χ0) is 13.5. The van der Waals surface area contributed by atoms with Gasteiger partial charge in [0.15, 0.2) is 5.96 Å². The van der Waals surface area contributed by atoms with E-state index in [4.69, 9.17) is 14.2 Å². The molecule has 2 fully saturated rings. The average Bonchev–Trinajstić information content (AvgIpc) is 2.93. The maximum Gasteiger partial charge on any atom is 0.193 e. The molecule has 0 aromatic carbocycles. The number of guanidine groups is 1. The van der Waals surface area contributed by atoms with Crippen molar-refractivity contribution in [1.29, 1.82) is 0 Å². The van der Waals surface area contributed by atoms with Crippen LogP contribution in [0.4, 0.5) is 0 Å². The first-order valence-corrected chi connectivity index (χ1v) is 6.98. The van der Waals surface area contributed by atoms with Crippen LogP contribution in [0, 0.1) is 5.92 Å². The average molecular weight is 271 g/mol. The molecule has 1 N–H and O–H groups in total. The molecule has 6 nitrogen and oxygen atoms in total. The van der Waals surface area contributed by atoms with Crippen LogP contribution >= 0.6 is 0 Å². The van der Waals surface area contributed by atoms with Crippen LogP contribution in [0.3, 0.4) is 0 Å². The van der Waals surface area contributed by atoms with Crippen molar-refractivity contribution in [2.75, 3.05) is 60.2 Å².